The van der Waals surface area contributed by atoms with Gasteiger partial charge < -0.3 is 14.4 Å². The Morgan fingerprint density at radius 3 is 2.18 bits per heavy atom. The van der Waals surface area contributed by atoms with E-state index in [0.717, 1.165) is 22.3 Å². The molecule has 0 aromatic heterocycles. The van der Waals surface area contributed by atoms with Gasteiger partial charge in [-0.05, 0) is 47.7 Å². The van der Waals surface area contributed by atoms with Gasteiger partial charge in [0.2, 0.25) is 0 Å². The van der Waals surface area contributed by atoms with Crippen molar-refractivity contribution in [1.82, 2.24) is 9.80 Å². The van der Waals surface area contributed by atoms with Gasteiger partial charge in [0.15, 0.2) is 17.0 Å². The highest BCUT2D eigenvalue weighted by Crippen LogP contribution is 2.49. The number of imide groups is 1. The van der Waals surface area contributed by atoms with E-state index in [0.29, 0.717) is 30.9 Å². The van der Waals surface area contributed by atoms with Gasteiger partial charge in [-0.2, -0.15) is 0 Å². The van der Waals surface area contributed by atoms with Crippen LogP contribution in [-0.4, -0.2) is 42.5 Å². The van der Waals surface area contributed by atoms with Gasteiger partial charge in [0.1, 0.15) is 0 Å². The SMILES string of the molecule is COc1cc2c(cc1OC)C1(Cc3ccccc3)C(=O)N(C(C)c3ccccc3)C(=O)N1CC2. The van der Waals surface area contributed by atoms with Crippen LogP contribution in [0, 0.1) is 0 Å². The van der Waals surface area contributed by atoms with E-state index in [1.165, 1.54) is 4.90 Å². The normalized spacial score (nSPS) is 20.1. The van der Waals surface area contributed by atoms with E-state index in [-0.39, 0.29) is 18.0 Å². The number of urea groups is 1. The first-order valence-corrected chi connectivity index (χ1v) is 11.5. The third kappa shape index (κ3) is 3.24. The van der Waals surface area contributed by atoms with Crippen LogP contribution in [0.1, 0.15) is 35.2 Å². The van der Waals surface area contributed by atoms with Crippen molar-refractivity contribution < 1.29 is 19.1 Å². The number of hydrogen-bond acceptors (Lipinski definition) is 4. The molecule has 0 aliphatic carbocycles. The van der Waals surface area contributed by atoms with Gasteiger partial charge in [-0.25, -0.2) is 4.79 Å². The Labute approximate surface area is 199 Å². The predicted molar refractivity (Wildman–Crippen MR) is 129 cm³/mol. The maximum absolute atomic E-state index is 14.4. The highest BCUT2D eigenvalue weighted by Gasteiger charge is 2.61. The second-order valence-corrected chi connectivity index (χ2v) is 8.83. The van der Waals surface area contributed by atoms with Gasteiger partial charge in [0, 0.05) is 13.0 Å². The smallest absolute Gasteiger partial charge is 0.328 e. The van der Waals surface area contributed by atoms with Crippen molar-refractivity contribution in [3.63, 3.8) is 0 Å². The van der Waals surface area contributed by atoms with Gasteiger partial charge in [0.05, 0.1) is 20.3 Å². The van der Waals surface area contributed by atoms with Crippen LogP contribution < -0.4 is 9.47 Å². The number of ether oxygens (including phenoxy) is 2. The number of methoxy groups -OCH3 is 2. The fourth-order valence-corrected chi connectivity index (χ4v) is 5.37. The highest BCUT2D eigenvalue weighted by atomic mass is 16.5. The Morgan fingerprint density at radius 2 is 1.53 bits per heavy atom. The van der Waals surface area contributed by atoms with Crippen LogP contribution in [0.3, 0.4) is 0 Å². The summed E-state index contributed by atoms with van der Waals surface area (Å²) in [6, 6.07) is 22.7. The van der Waals surface area contributed by atoms with Crippen molar-refractivity contribution >= 4 is 11.9 Å². The maximum Gasteiger partial charge on any atom is 0.328 e. The standard InChI is InChI=1S/C28H28N2O4/c1-19(21-12-8-5-9-13-21)30-26(31)28(18-20-10-6-4-7-11-20)23-17-25(34-3)24(33-2)16-22(23)14-15-29(28)27(30)32/h4-13,16-17,19H,14-15,18H2,1-3H3. The zero-order valence-corrected chi connectivity index (χ0v) is 19.7. The van der Waals surface area contributed by atoms with Crippen molar-refractivity contribution in [3.05, 3.63) is 95.1 Å². The van der Waals surface area contributed by atoms with Crippen molar-refractivity contribution in [2.45, 2.75) is 31.3 Å². The molecule has 3 aromatic carbocycles. The quantitative estimate of drug-likeness (QED) is 0.504. The molecule has 34 heavy (non-hydrogen) atoms. The topological polar surface area (TPSA) is 59.1 Å². The number of rotatable bonds is 6. The van der Waals surface area contributed by atoms with Crippen LogP contribution in [0.5, 0.6) is 11.5 Å². The molecule has 0 saturated carbocycles. The first kappa shape index (κ1) is 22.0. The first-order chi connectivity index (χ1) is 16.5. The molecule has 6 heteroatoms. The third-order valence-electron chi connectivity index (χ3n) is 7.10. The molecule has 0 radical (unpaired) electrons. The lowest BCUT2D eigenvalue weighted by Crippen LogP contribution is -2.52. The molecular formula is C28H28N2O4. The van der Waals surface area contributed by atoms with Crippen molar-refractivity contribution in [3.8, 4) is 11.5 Å². The molecular weight excluding hydrogens is 428 g/mol. The molecule has 2 aliphatic heterocycles. The van der Waals surface area contributed by atoms with E-state index < -0.39 is 5.54 Å². The Kier molecular flexibility index (Phi) is 5.52. The summed E-state index contributed by atoms with van der Waals surface area (Å²) in [6.45, 7) is 2.37. The number of benzene rings is 3. The van der Waals surface area contributed by atoms with E-state index in [4.69, 9.17) is 9.47 Å². The Hall–Kier alpha value is -3.80. The lowest BCUT2D eigenvalue weighted by molar-refractivity contribution is -0.135. The van der Waals surface area contributed by atoms with Gasteiger partial charge in [-0.15, -0.1) is 0 Å². The zero-order valence-electron chi connectivity index (χ0n) is 19.7. The Bertz CT molecular complexity index is 1230. The number of amides is 3. The average molecular weight is 457 g/mol. The van der Waals surface area contributed by atoms with Crippen molar-refractivity contribution in [2.24, 2.45) is 0 Å². The summed E-state index contributed by atoms with van der Waals surface area (Å²) in [5, 5.41) is 0. The monoisotopic (exact) mass is 456 g/mol. The summed E-state index contributed by atoms with van der Waals surface area (Å²) in [4.78, 5) is 31.4. The minimum atomic E-state index is -1.14. The number of carbonyl (C=O) groups excluding carboxylic acids is 2. The Balaban J connectivity index is 1.70. The molecule has 5 rings (SSSR count). The van der Waals surface area contributed by atoms with Crippen molar-refractivity contribution in [2.75, 3.05) is 20.8 Å². The molecule has 2 atom stereocenters. The summed E-state index contributed by atoms with van der Waals surface area (Å²) in [5.74, 6) is 0.965. The minimum absolute atomic E-state index is 0.203. The molecule has 3 aromatic rings. The second kappa shape index (κ2) is 8.52. The first-order valence-electron chi connectivity index (χ1n) is 11.5. The van der Waals surface area contributed by atoms with Crippen LogP contribution in [0.25, 0.3) is 0 Å². The molecule has 1 saturated heterocycles. The van der Waals surface area contributed by atoms with Crippen molar-refractivity contribution in [1.29, 1.82) is 0 Å². The lowest BCUT2D eigenvalue weighted by atomic mass is 9.76. The fraction of sp³-hybridized carbons (Fsp3) is 0.286. The summed E-state index contributed by atoms with van der Waals surface area (Å²) in [5.41, 5.74) is 2.58. The number of hydrogen-bond donors (Lipinski definition) is 0. The van der Waals surface area contributed by atoms with E-state index >= 15 is 0 Å². The van der Waals surface area contributed by atoms with Gasteiger partial charge >= 0.3 is 6.03 Å². The zero-order chi connectivity index (χ0) is 23.9. The number of fused-ring (bicyclic) bond motifs is 3. The van der Waals surface area contributed by atoms with E-state index in [1.54, 1.807) is 19.1 Å². The maximum atomic E-state index is 14.4. The van der Waals surface area contributed by atoms with Crippen LogP contribution in [-0.2, 0) is 23.2 Å². The molecule has 2 aliphatic rings. The predicted octanol–water partition coefficient (Wildman–Crippen LogP) is 4.72. The molecule has 0 N–H and O–H groups in total. The minimum Gasteiger partial charge on any atom is -0.493 e. The van der Waals surface area contributed by atoms with Gasteiger partial charge in [-0.3, -0.25) is 9.69 Å². The van der Waals surface area contributed by atoms with Crippen LogP contribution in [0.2, 0.25) is 0 Å². The number of nitrogens with zero attached hydrogens (tertiary/aromatic N) is 2. The fourth-order valence-electron chi connectivity index (χ4n) is 5.37. The molecule has 0 bridgehead atoms. The molecule has 2 unspecified atom stereocenters. The molecule has 174 valence electrons. The summed E-state index contributed by atoms with van der Waals surface area (Å²) >= 11 is 0. The van der Waals surface area contributed by atoms with E-state index in [1.807, 2.05) is 79.7 Å². The third-order valence-corrected chi connectivity index (χ3v) is 7.10. The van der Waals surface area contributed by atoms with Crippen LogP contribution in [0.15, 0.2) is 72.8 Å². The van der Waals surface area contributed by atoms with Crippen LogP contribution >= 0.6 is 0 Å². The molecule has 3 amide bonds. The van der Waals surface area contributed by atoms with Crippen LogP contribution in [0.4, 0.5) is 4.79 Å². The molecule has 0 spiro atoms. The Morgan fingerprint density at radius 1 is 0.912 bits per heavy atom. The number of carbonyl (C=O) groups is 2. The van der Waals surface area contributed by atoms with E-state index in [2.05, 4.69) is 0 Å². The second-order valence-electron chi connectivity index (χ2n) is 8.83. The van der Waals surface area contributed by atoms with Gasteiger partial charge in [0.25, 0.3) is 5.91 Å². The summed E-state index contributed by atoms with van der Waals surface area (Å²) in [6.07, 6.45) is 1.03. The highest BCUT2D eigenvalue weighted by molar-refractivity contribution is 6.08. The summed E-state index contributed by atoms with van der Waals surface area (Å²) in [7, 11) is 3.19. The van der Waals surface area contributed by atoms with E-state index in [9.17, 15) is 9.59 Å². The molecule has 6 nitrogen and oxygen atoms in total. The summed E-state index contributed by atoms with van der Waals surface area (Å²) < 4.78 is 11.1. The lowest BCUT2D eigenvalue weighted by Gasteiger charge is -2.41. The molecule has 1 fully saturated rings. The largest absolute Gasteiger partial charge is 0.493 e. The average Bonchev–Trinajstić information content (AvgIpc) is 3.10. The van der Waals surface area contributed by atoms with Gasteiger partial charge in [-0.1, -0.05) is 60.7 Å². The molecule has 2 heterocycles.